The molecule has 0 saturated carbocycles. The number of amides is 1. The van der Waals surface area contributed by atoms with Gasteiger partial charge in [-0.15, -0.1) is 0 Å². The lowest BCUT2D eigenvalue weighted by Crippen LogP contribution is -2.45. The largest absolute Gasteiger partial charge is 0.394 e. The molecule has 0 aromatic rings. The Balaban J connectivity index is 3.65. The molecule has 0 rings (SSSR count). The zero-order valence-corrected chi connectivity index (χ0v) is 35.3. The summed E-state index contributed by atoms with van der Waals surface area (Å²) in [5.41, 5.74) is 0. The van der Waals surface area contributed by atoms with Crippen molar-refractivity contribution in [3.05, 3.63) is 60.8 Å². The van der Waals surface area contributed by atoms with Crippen molar-refractivity contribution < 1.29 is 15.0 Å². The SMILES string of the molecule is CCCCC/C=C\C/C=C\CCCCCCCCCCCC(=O)NC(CO)C(O)/C=C/CC/C=C/CC/C=C/CCCCCCCCCCCCCC. The van der Waals surface area contributed by atoms with E-state index < -0.39 is 12.1 Å². The van der Waals surface area contributed by atoms with Gasteiger partial charge in [-0.1, -0.05) is 203 Å². The minimum atomic E-state index is -0.874. The first-order chi connectivity index (χ1) is 26.2. The molecule has 4 heteroatoms. The second kappa shape index (κ2) is 44.5. The summed E-state index contributed by atoms with van der Waals surface area (Å²) in [6, 6.07) is -0.649. The molecule has 0 aromatic heterocycles. The van der Waals surface area contributed by atoms with Crippen molar-refractivity contribution in [2.75, 3.05) is 6.61 Å². The maximum absolute atomic E-state index is 12.4. The summed E-state index contributed by atoms with van der Waals surface area (Å²) in [6.45, 7) is 4.27. The van der Waals surface area contributed by atoms with E-state index in [0.717, 1.165) is 44.9 Å². The van der Waals surface area contributed by atoms with Crippen molar-refractivity contribution in [1.29, 1.82) is 0 Å². The van der Waals surface area contributed by atoms with Crippen LogP contribution in [-0.4, -0.2) is 34.9 Å². The van der Waals surface area contributed by atoms with Crippen molar-refractivity contribution in [2.24, 2.45) is 0 Å². The van der Waals surface area contributed by atoms with Gasteiger partial charge in [-0.2, -0.15) is 0 Å². The van der Waals surface area contributed by atoms with Crippen LogP contribution in [0.2, 0.25) is 0 Å². The molecule has 0 bridgehead atoms. The Kier molecular flexibility index (Phi) is 42.9. The van der Waals surface area contributed by atoms with Gasteiger partial charge < -0.3 is 15.5 Å². The Bertz CT molecular complexity index is 888. The maximum Gasteiger partial charge on any atom is 0.220 e. The number of hydrogen-bond acceptors (Lipinski definition) is 3. The topological polar surface area (TPSA) is 69.6 Å². The summed E-state index contributed by atoms with van der Waals surface area (Å²) in [5.74, 6) is -0.0837. The second-order valence-corrected chi connectivity index (χ2v) is 15.4. The number of nitrogens with one attached hydrogen (secondary N) is 1. The van der Waals surface area contributed by atoms with Crippen LogP contribution in [-0.2, 0) is 4.79 Å². The number of aliphatic hydroxyl groups excluding tert-OH is 2. The van der Waals surface area contributed by atoms with Crippen LogP contribution in [0.25, 0.3) is 0 Å². The van der Waals surface area contributed by atoms with E-state index in [1.165, 1.54) is 161 Å². The molecule has 0 aliphatic rings. The van der Waals surface area contributed by atoms with Crippen LogP contribution in [0.3, 0.4) is 0 Å². The smallest absolute Gasteiger partial charge is 0.220 e. The predicted octanol–water partition coefficient (Wildman–Crippen LogP) is 14.5. The molecule has 2 unspecified atom stereocenters. The van der Waals surface area contributed by atoms with Gasteiger partial charge in [0.25, 0.3) is 0 Å². The first kappa shape index (κ1) is 51.1. The molecule has 4 nitrogen and oxygen atoms in total. The summed E-state index contributed by atoms with van der Waals surface area (Å²) < 4.78 is 0. The van der Waals surface area contributed by atoms with Crippen molar-refractivity contribution >= 4 is 5.91 Å². The van der Waals surface area contributed by atoms with Gasteiger partial charge in [-0.3, -0.25) is 4.79 Å². The highest BCUT2D eigenvalue weighted by Gasteiger charge is 2.17. The monoisotopic (exact) mass is 740 g/mol. The molecule has 53 heavy (non-hydrogen) atoms. The second-order valence-electron chi connectivity index (χ2n) is 15.4. The predicted molar refractivity (Wildman–Crippen MR) is 234 cm³/mol. The fraction of sp³-hybridized carbons (Fsp3) is 0.776. The lowest BCUT2D eigenvalue weighted by Gasteiger charge is -2.19. The van der Waals surface area contributed by atoms with E-state index in [-0.39, 0.29) is 12.5 Å². The lowest BCUT2D eigenvalue weighted by molar-refractivity contribution is -0.123. The number of hydrogen-bond donors (Lipinski definition) is 3. The third-order valence-corrected chi connectivity index (χ3v) is 10.2. The third kappa shape index (κ3) is 41.1. The molecule has 0 radical (unpaired) electrons. The Hall–Kier alpha value is -1.91. The van der Waals surface area contributed by atoms with Gasteiger partial charge in [-0.05, 0) is 77.0 Å². The minimum absolute atomic E-state index is 0.0837. The first-order valence-electron chi connectivity index (χ1n) is 23.0. The fourth-order valence-electron chi connectivity index (χ4n) is 6.65. The maximum atomic E-state index is 12.4. The Labute approximate surface area is 330 Å². The van der Waals surface area contributed by atoms with Crippen LogP contribution >= 0.6 is 0 Å². The van der Waals surface area contributed by atoms with Crippen molar-refractivity contribution in [3.63, 3.8) is 0 Å². The van der Waals surface area contributed by atoms with Gasteiger partial charge in [0, 0.05) is 6.42 Å². The van der Waals surface area contributed by atoms with E-state index >= 15 is 0 Å². The van der Waals surface area contributed by atoms with E-state index in [1.54, 1.807) is 6.08 Å². The highest BCUT2D eigenvalue weighted by Crippen LogP contribution is 2.14. The molecule has 0 aromatic carbocycles. The number of carbonyl (C=O) groups is 1. The van der Waals surface area contributed by atoms with Crippen LogP contribution in [0, 0.1) is 0 Å². The van der Waals surface area contributed by atoms with Crippen LogP contribution < -0.4 is 5.32 Å². The average molecular weight is 740 g/mol. The number of aliphatic hydroxyl groups is 2. The van der Waals surface area contributed by atoms with Crippen LogP contribution in [0.15, 0.2) is 60.8 Å². The van der Waals surface area contributed by atoms with Crippen LogP contribution in [0.4, 0.5) is 0 Å². The molecule has 3 N–H and O–H groups in total. The van der Waals surface area contributed by atoms with Gasteiger partial charge in [0.05, 0.1) is 18.8 Å². The average Bonchev–Trinajstić information content (AvgIpc) is 3.16. The highest BCUT2D eigenvalue weighted by atomic mass is 16.3. The van der Waals surface area contributed by atoms with Gasteiger partial charge in [0.15, 0.2) is 0 Å². The van der Waals surface area contributed by atoms with Crippen LogP contribution in [0.1, 0.15) is 226 Å². The van der Waals surface area contributed by atoms with Gasteiger partial charge >= 0.3 is 0 Å². The molecule has 0 aliphatic carbocycles. The zero-order valence-electron chi connectivity index (χ0n) is 35.3. The molecule has 0 fully saturated rings. The van der Waals surface area contributed by atoms with E-state index in [1.807, 2.05) is 6.08 Å². The Morgan fingerprint density at radius 1 is 0.453 bits per heavy atom. The molecule has 0 aliphatic heterocycles. The van der Waals surface area contributed by atoms with Crippen molar-refractivity contribution in [1.82, 2.24) is 5.32 Å². The van der Waals surface area contributed by atoms with Gasteiger partial charge in [0.1, 0.15) is 0 Å². The number of carbonyl (C=O) groups excluding carboxylic acids is 1. The number of allylic oxidation sites excluding steroid dienone is 9. The highest BCUT2D eigenvalue weighted by molar-refractivity contribution is 5.76. The van der Waals surface area contributed by atoms with E-state index in [2.05, 4.69) is 67.8 Å². The summed E-state index contributed by atoms with van der Waals surface area (Å²) in [4.78, 5) is 12.4. The van der Waals surface area contributed by atoms with Crippen molar-refractivity contribution in [3.8, 4) is 0 Å². The normalized spacial score (nSPS) is 13.5. The van der Waals surface area contributed by atoms with Gasteiger partial charge in [-0.25, -0.2) is 0 Å². The summed E-state index contributed by atoms with van der Waals surface area (Å²) >= 11 is 0. The molecule has 0 heterocycles. The molecule has 2 atom stereocenters. The zero-order chi connectivity index (χ0) is 38.6. The summed E-state index contributed by atoms with van der Waals surface area (Å²) in [6.07, 6.45) is 61.9. The van der Waals surface area contributed by atoms with E-state index in [0.29, 0.717) is 6.42 Å². The summed E-state index contributed by atoms with van der Waals surface area (Å²) in [7, 11) is 0. The minimum Gasteiger partial charge on any atom is -0.394 e. The third-order valence-electron chi connectivity index (χ3n) is 10.2. The van der Waals surface area contributed by atoms with Crippen LogP contribution in [0.5, 0.6) is 0 Å². The molecule has 308 valence electrons. The molecular weight excluding hydrogens is 651 g/mol. The molecular formula is C49H89NO3. The van der Waals surface area contributed by atoms with E-state index in [9.17, 15) is 15.0 Å². The standard InChI is InChI=1S/C49H89NO3/c1-3-5-7-9-11-13-15-17-19-21-23-24-25-27-28-30-32-34-36-38-40-42-44-48(52)47(46-51)50-49(53)45-43-41-39-37-35-33-31-29-26-22-20-18-16-14-12-10-8-6-4-2/h12,14,18,20,27-28,34,36,42,44,47-48,51-52H,3-11,13,15-17,19,21-26,29-33,35,37-41,43,45-46H2,1-2H3,(H,50,53)/b14-12-,20-18-,28-27+,36-34+,44-42+. The number of rotatable bonds is 41. The first-order valence-corrected chi connectivity index (χ1v) is 23.0. The fourth-order valence-corrected chi connectivity index (χ4v) is 6.65. The molecule has 0 spiro atoms. The Morgan fingerprint density at radius 3 is 1.25 bits per heavy atom. The van der Waals surface area contributed by atoms with Gasteiger partial charge in [0.2, 0.25) is 5.91 Å². The quantitative estimate of drug-likeness (QED) is 0.0432. The van der Waals surface area contributed by atoms with Crippen molar-refractivity contribution in [2.45, 2.75) is 238 Å². The Morgan fingerprint density at radius 2 is 0.792 bits per heavy atom. The van der Waals surface area contributed by atoms with E-state index in [4.69, 9.17) is 0 Å². The molecule has 0 saturated heterocycles. The number of unbranched alkanes of at least 4 members (excludes halogenated alkanes) is 26. The lowest BCUT2D eigenvalue weighted by atomic mass is 10.0. The molecule has 1 amide bonds. The summed E-state index contributed by atoms with van der Waals surface area (Å²) in [5, 5.41) is 23.0.